The Labute approximate surface area is 140 Å². The van der Waals surface area contributed by atoms with Gasteiger partial charge in [0.1, 0.15) is 17.5 Å². The number of nitrogens with one attached hydrogen (secondary N) is 2. The second-order valence-electron chi connectivity index (χ2n) is 5.40. The van der Waals surface area contributed by atoms with Gasteiger partial charge in [-0.1, -0.05) is 22.0 Å². The van der Waals surface area contributed by atoms with Crippen molar-refractivity contribution < 1.29 is 0 Å². The molecule has 0 amide bonds. The van der Waals surface area contributed by atoms with Crippen LogP contribution in [0.25, 0.3) is 0 Å². The summed E-state index contributed by atoms with van der Waals surface area (Å²) >= 11 is 3.47. The molecule has 1 aromatic carbocycles. The molecule has 0 spiro atoms. The first-order valence-corrected chi connectivity index (χ1v) is 8.09. The fraction of sp³-hybridized carbons (Fsp3) is 0.375. The summed E-state index contributed by atoms with van der Waals surface area (Å²) in [5, 5.41) is 6.66. The van der Waals surface area contributed by atoms with Gasteiger partial charge in [-0.2, -0.15) is 0 Å². The molecule has 0 atom stereocenters. The molecule has 2 rings (SSSR count). The van der Waals surface area contributed by atoms with Crippen LogP contribution >= 0.6 is 15.9 Å². The van der Waals surface area contributed by atoms with Gasteiger partial charge in [0.05, 0.1) is 0 Å². The van der Waals surface area contributed by atoms with Crippen LogP contribution < -0.4 is 10.6 Å². The minimum absolute atomic E-state index is 0.745. The maximum Gasteiger partial charge on any atom is 0.136 e. The van der Waals surface area contributed by atoms with Crippen LogP contribution in [-0.4, -0.2) is 42.1 Å². The molecular weight excluding hydrogens is 342 g/mol. The third kappa shape index (κ3) is 5.61. The molecule has 0 aliphatic carbocycles. The predicted octanol–water partition coefficient (Wildman–Crippen LogP) is 3.65. The molecule has 6 heteroatoms. The molecular formula is C16H22BrN5. The number of halogens is 1. The van der Waals surface area contributed by atoms with Crippen molar-refractivity contribution in [3.63, 3.8) is 0 Å². The smallest absolute Gasteiger partial charge is 0.136 e. The van der Waals surface area contributed by atoms with Gasteiger partial charge in [-0.3, -0.25) is 0 Å². The van der Waals surface area contributed by atoms with E-state index >= 15 is 0 Å². The Morgan fingerprint density at radius 2 is 1.91 bits per heavy atom. The average Bonchev–Trinajstić information content (AvgIpc) is 2.43. The summed E-state index contributed by atoms with van der Waals surface area (Å²) in [6.45, 7) is 3.85. The zero-order chi connectivity index (χ0) is 15.9. The van der Waals surface area contributed by atoms with Crippen molar-refractivity contribution >= 4 is 33.3 Å². The number of benzene rings is 1. The maximum absolute atomic E-state index is 4.43. The molecule has 0 saturated carbocycles. The summed E-state index contributed by atoms with van der Waals surface area (Å²) < 4.78 is 1.03. The first-order valence-electron chi connectivity index (χ1n) is 7.30. The van der Waals surface area contributed by atoms with Crippen LogP contribution in [0.1, 0.15) is 12.2 Å². The molecule has 0 aliphatic heterocycles. The van der Waals surface area contributed by atoms with Crippen LogP contribution in [0.4, 0.5) is 17.3 Å². The highest BCUT2D eigenvalue weighted by Gasteiger charge is 2.03. The zero-order valence-corrected chi connectivity index (χ0v) is 14.8. The number of rotatable bonds is 7. The van der Waals surface area contributed by atoms with Crippen LogP contribution in [0, 0.1) is 6.92 Å². The summed E-state index contributed by atoms with van der Waals surface area (Å²) in [4.78, 5) is 11.0. The Morgan fingerprint density at radius 3 is 2.64 bits per heavy atom. The largest absolute Gasteiger partial charge is 0.370 e. The molecule has 0 aliphatic rings. The van der Waals surface area contributed by atoms with Gasteiger partial charge in [-0.25, -0.2) is 9.97 Å². The lowest BCUT2D eigenvalue weighted by atomic mass is 10.3. The SMILES string of the molecule is Cc1nc(NCCCN(C)C)cc(Nc2cccc(Br)c2)n1. The van der Waals surface area contributed by atoms with Crippen molar-refractivity contribution in [2.75, 3.05) is 37.8 Å². The zero-order valence-electron chi connectivity index (χ0n) is 13.2. The number of nitrogens with zero attached hydrogens (tertiary/aromatic N) is 3. The van der Waals surface area contributed by atoms with Gasteiger partial charge in [0.15, 0.2) is 0 Å². The molecule has 2 aromatic rings. The molecule has 0 unspecified atom stereocenters. The molecule has 1 aromatic heterocycles. The molecule has 0 radical (unpaired) electrons. The van der Waals surface area contributed by atoms with E-state index < -0.39 is 0 Å². The lowest BCUT2D eigenvalue weighted by Crippen LogP contribution is -2.16. The van der Waals surface area contributed by atoms with Gasteiger partial charge in [0.2, 0.25) is 0 Å². The monoisotopic (exact) mass is 363 g/mol. The lowest BCUT2D eigenvalue weighted by Gasteiger charge is -2.12. The van der Waals surface area contributed by atoms with E-state index in [1.807, 2.05) is 37.3 Å². The highest BCUT2D eigenvalue weighted by molar-refractivity contribution is 9.10. The number of hydrogen-bond donors (Lipinski definition) is 2. The van der Waals surface area contributed by atoms with E-state index in [4.69, 9.17) is 0 Å². The fourth-order valence-corrected chi connectivity index (χ4v) is 2.45. The molecule has 22 heavy (non-hydrogen) atoms. The highest BCUT2D eigenvalue weighted by Crippen LogP contribution is 2.20. The first kappa shape index (κ1) is 16.7. The minimum atomic E-state index is 0.745. The van der Waals surface area contributed by atoms with Gasteiger partial charge in [-0.15, -0.1) is 0 Å². The predicted molar refractivity (Wildman–Crippen MR) is 95.9 cm³/mol. The number of hydrogen-bond acceptors (Lipinski definition) is 5. The third-order valence-corrected chi connectivity index (χ3v) is 3.52. The van der Waals surface area contributed by atoms with Crippen LogP contribution in [-0.2, 0) is 0 Å². The van der Waals surface area contributed by atoms with Crippen molar-refractivity contribution in [2.24, 2.45) is 0 Å². The van der Waals surface area contributed by atoms with Crippen LogP contribution in [0.5, 0.6) is 0 Å². The standard InChI is InChI=1S/C16H22BrN5/c1-12-19-15(18-8-5-9-22(2)3)11-16(20-12)21-14-7-4-6-13(17)10-14/h4,6-7,10-11H,5,8-9H2,1-3H3,(H2,18,19,20,21). The molecule has 0 bridgehead atoms. The normalized spacial score (nSPS) is 10.8. The van der Waals surface area contributed by atoms with Crippen molar-refractivity contribution in [1.29, 1.82) is 0 Å². The second-order valence-corrected chi connectivity index (χ2v) is 6.32. The molecule has 5 nitrogen and oxygen atoms in total. The minimum Gasteiger partial charge on any atom is -0.370 e. The number of aromatic nitrogens is 2. The summed E-state index contributed by atoms with van der Waals surface area (Å²) in [6, 6.07) is 9.94. The molecule has 1 heterocycles. The van der Waals surface area contributed by atoms with Gasteiger partial charge in [0.25, 0.3) is 0 Å². The fourth-order valence-electron chi connectivity index (χ4n) is 2.05. The topological polar surface area (TPSA) is 53.1 Å². The van der Waals surface area contributed by atoms with E-state index in [2.05, 4.69) is 55.5 Å². The van der Waals surface area contributed by atoms with Crippen LogP contribution in [0.15, 0.2) is 34.8 Å². The van der Waals surface area contributed by atoms with Gasteiger partial charge < -0.3 is 15.5 Å². The Balaban J connectivity index is 2.00. The van der Waals surface area contributed by atoms with Gasteiger partial charge >= 0.3 is 0 Å². The molecule has 0 saturated heterocycles. The van der Waals surface area contributed by atoms with E-state index in [-0.39, 0.29) is 0 Å². The molecule has 0 fully saturated rings. The Bertz CT molecular complexity index is 615. The Morgan fingerprint density at radius 1 is 1.14 bits per heavy atom. The Kier molecular flexibility index (Phi) is 6.15. The molecule has 118 valence electrons. The van der Waals surface area contributed by atoms with E-state index in [1.165, 1.54) is 0 Å². The van der Waals surface area contributed by atoms with Crippen molar-refractivity contribution in [1.82, 2.24) is 14.9 Å². The van der Waals surface area contributed by atoms with Crippen molar-refractivity contribution in [2.45, 2.75) is 13.3 Å². The van der Waals surface area contributed by atoms with Crippen LogP contribution in [0.2, 0.25) is 0 Å². The quantitative estimate of drug-likeness (QED) is 0.735. The second kappa shape index (κ2) is 8.10. The summed E-state index contributed by atoms with van der Waals surface area (Å²) in [5.41, 5.74) is 0.992. The summed E-state index contributed by atoms with van der Waals surface area (Å²) in [7, 11) is 4.16. The van der Waals surface area contributed by atoms with Crippen molar-refractivity contribution in [3.05, 3.63) is 40.6 Å². The van der Waals surface area contributed by atoms with Crippen LogP contribution in [0.3, 0.4) is 0 Å². The first-order chi connectivity index (χ1) is 10.5. The van der Waals surface area contributed by atoms with E-state index in [0.717, 1.165) is 47.1 Å². The molecule has 2 N–H and O–H groups in total. The van der Waals surface area contributed by atoms with E-state index in [1.54, 1.807) is 0 Å². The Hall–Kier alpha value is -1.66. The summed E-state index contributed by atoms with van der Waals surface area (Å²) in [6.07, 6.45) is 1.07. The van der Waals surface area contributed by atoms with Crippen molar-refractivity contribution in [3.8, 4) is 0 Å². The number of anilines is 3. The maximum atomic E-state index is 4.43. The van der Waals surface area contributed by atoms with Gasteiger partial charge in [-0.05, 0) is 52.2 Å². The number of aryl methyl sites for hydroxylation is 1. The van der Waals surface area contributed by atoms with Gasteiger partial charge in [0, 0.05) is 22.8 Å². The summed E-state index contributed by atoms with van der Waals surface area (Å²) in [5.74, 6) is 2.39. The van der Waals surface area contributed by atoms with E-state index in [9.17, 15) is 0 Å². The third-order valence-electron chi connectivity index (χ3n) is 3.02. The van der Waals surface area contributed by atoms with E-state index in [0.29, 0.717) is 0 Å². The lowest BCUT2D eigenvalue weighted by molar-refractivity contribution is 0.405. The highest BCUT2D eigenvalue weighted by atomic mass is 79.9. The average molecular weight is 364 g/mol.